The van der Waals surface area contributed by atoms with Gasteiger partial charge in [-0.05, 0) is 55.4 Å². The first-order valence-corrected chi connectivity index (χ1v) is 13.8. The van der Waals surface area contributed by atoms with Crippen molar-refractivity contribution in [1.29, 1.82) is 0 Å². The van der Waals surface area contributed by atoms with Gasteiger partial charge in [-0.1, -0.05) is 81.4 Å². The van der Waals surface area contributed by atoms with Gasteiger partial charge in [0.15, 0.2) is 0 Å². The summed E-state index contributed by atoms with van der Waals surface area (Å²) in [4.78, 5) is 12.5. The van der Waals surface area contributed by atoms with Crippen molar-refractivity contribution in [1.82, 2.24) is 5.32 Å². The number of alkyl carbamates (subject to hydrolysis) is 1. The maximum absolute atomic E-state index is 12.5. The van der Waals surface area contributed by atoms with Crippen molar-refractivity contribution in [3.8, 4) is 0 Å². The van der Waals surface area contributed by atoms with Crippen molar-refractivity contribution < 1.29 is 19.1 Å². The Morgan fingerprint density at radius 2 is 1.42 bits per heavy atom. The highest BCUT2D eigenvalue weighted by Gasteiger charge is 2.50. The maximum Gasteiger partial charge on any atom is 0.407 e. The van der Waals surface area contributed by atoms with E-state index in [1.54, 1.807) is 0 Å². The average molecular weight is 472 g/mol. The minimum Gasteiger partial charge on any atom is -0.444 e. The van der Waals surface area contributed by atoms with Crippen LogP contribution >= 0.6 is 0 Å². The third-order valence-electron chi connectivity index (χ3n) is 5.60. The average Bonchev–Trinajstić information content (AvgIpc) is 2.73. The molecule has 2 aromatic rings. The van der Waals surface area contributed by atoms with Crippen LogP contribution in [-0.4, -0.2) is 44.4 Å². The van der Waals surface area contributed by atoms with Crippen LogP contribution in [-0.2, 0) is 9.16 Å². The molecule has 0 saturated carbocycles. The topological polar surface area (TPSA) is 67.8 Å². The van der Waals surface area contributed by atoms with Gasteiger partial charge in [-0.25, -0.2) is 4.79 Å². The molecule has 1 atom stereocenters. The lowest BCUT2D eigenvalue weighted by molar-refractivity contribution is 0.0481. The first-order chi connectivity index (χ1) is 15.5. The molecule has 6 heteroatoms. The standard InChI is InChI=1S/C27H41NO4Si/c1-26(2,3)32-25(30)28-22(15-13-14-20-29)21-31-33(27(4,5)6,23-16-9-7-10-17-23)24-18-11-8-12-19-24/h7-12,16-19,22,29H,13-15,20-21H2,1-6H3,(H,28,30). The second-order valence-corrected chi connectivity index (χ2v) is 14.8. The summed E-state index contributed by atoms with van der Waals surface area (Å²) < 4.78 is 12.5. The molecule has 0 radical (unpaired) electrons. The highest BCUT2D eigenvalue weighted by atomic mass is 28.4. The molecule has 33 heavy (non-hydrogen) atoms. The van der Waals surface area contributed by atoms with Crippen LogP contribution in [0.15, 0.2) is 60.7 Å². The lowest BCUT2D eigenvalue weighted by Crippen LogP contribution is -2.67. The SMILES string of the molecule is CC(C)(C)OC(=O)NC(CCCCO)CO[Si](c1ccccc1)(c1ccccc1)C(C)(C)C. The van der Waals surface area contributed by atoms with E-state index >= 15 is 0 Å². The van der Waals surface area contributed by atoms with Crippen LogP contribution in [0.2, 0.25) is 5.04 Å². The molecule has 0 aliphatic carbocycles. The summed E-state index contributed by atoms with van der Waals surface area (Å²) in [5, 5.41) is 14.5. The molecule has 0 spiro atoms. The largest absolute Gasteiger partial charge is 0.444 e. The summed E-state index contributed by atoms with van der Waals surface area (Å²) in [7, 11) is -2.70. The molecular weight excluding hydrogens is 430 g/mol. The van der Waals surface area contributed by atoms with Crippen LogP contribution in [0.25, 0.3) is 0 Å². The van der Waals surface area contributed by atoms with E-state index in [0.29, 0.717) is 19.4 Å². The van der Waals surface area contributed by atoms with Gasteiger partial charge in [0.05, 0.1) is 12.6 Å². The fourth-order valence-corrected chi connectivity index (χ4v) is 8.77. The molecular formula is C27H41NO4Si. The van der Waals surface area contributed by atoms with E-state index in [2.05, 4.69) is 74.6 Å². The zero-order valence-electron chi connectivity index (χ0n) is 21.1. The van der Waals surface area contributed by atoms with Crippen molar-refractivity contribution in [2.75, 3.05) is 13.2 Å². The molecule has 0 saturated heterocycles. The third-order valence-corrected chi connectivity index (χ3v) is 10.6. The summed E-state index contributed by atoms with van der Waals surface area (Å²) >= 11 is 0. The first-order valence-electron chi connectivity index (χ1n) is 11.8. The highest BCUT2D eigenvalue weighted by molar-refractivity contribution is 6.99. The number of unbranched alkanes of at least 4 members (excludes halogenated alkanes) is 1. The van der Waals surface area contributed by atoms with Crippen molar-refractivity contribution in [3.05, 3.63) is 60.7 Å². The number of amides is 1. The van der Waals surface area contributed by atoms with E-state index in [9.17, 15) is 9.90 Å². The zero-order valence-corrected chi connectivity index (χ0v) is 22.1. The fourth-order valence-electron chi connectivity index (χ4n) is 4.16. The third kappa shape index (κ3) is 7.69. The molecule has 0 aromatic heterocycles. The summed E-state index contributed by atoms with van der Waals surface area (Å²) in [5.41, 5.74) is -0.571. The number of carbonyl (C=O) groups is 1. The minimum atomic E-state index is -2.70. The molecule has 182 valence electrons. The molecule has 2 rings (SSSR count). The summed E-state index contributed by atoms with van der Waals surface area (Å²) in [6, 6.07) is 20.7. The van der Waals surface area contributed by atoms with Gasteiger partial charge >= 0.3 is 6.09 Å². The van der Waals surface area contributed by atoms with E-state index in [1.807, 2.05) is 32.9 Å². The second kappa shape index (κ2) is 11.8. The fraction of sp³-hybridized carbons (Fsp3) is 0.519. The molecule has 5 nitrogen and oxygen atoms in total. The molecule has 2 aromatic carbocycles. The number of aliphatic hydroxyl groups is 1. The minimum absolute atomic E-state index is 0.134. The van der Waals surface area contributed by atoms with Crippen molar-refractivity contribution in [3.63, 3.8) is 0 Å². The number of hydrogen-bond donors (Lipinski definition) is 2. The molecule has 1 unspecified atom stereocenters. The lowest BCUT2D eigenvalue weighted by Gasteiger charge is -2.43. The predicted octanol–water partition coefficient (Wildman–Crippen LogP) is 4.62. The highest BCUT2D eigenvalue weighted by Crippen LogP contribution is 2.36. The van der Waals surface area contributed by atoms with Gasteiger partial charge in [0.25, 0.3) is 8.32 Å². The van der Waals surface area contributed by atoms with Gasteiger partial charge < -0.3 is 19.6 Å². The van der Waals surface area contributed by atoms with Crippen molar-refractivity contribution in [2.24, 2.45) is 0 Å². The molecule has 0 aliphatic heterocycles. The number of hydrogen-bond acceptors (Lipinski definition) is 4. The molecule has 2 N–H and O–H groups in total. The predicted molar refractivity (Wildman–Crippen MR) is 138 cm³/mol. The molecule has 0 bridgehead atoms. The second-order valence-electron chi connectivity index (χ2n) is 10.5. The van der Waals surface area contributed by atoms with E-state index in [4.69, 9.17) is 9.16 Å². The smallest absolute Gasteiger partial charge is 0.407 e. The van der Waals surface area contributed by atoms with E-state index in [-0.39, 0.29) is 17.7 Å². The van der Waals surface area contributed by atoms with Crippen molar-refractivity contribution in [2.45, 2.75) is 77.5 Å². The van der Waals surface area contributed by atoms with E-state index in [1.165, 1.54) is 10.4 Å². The number of carbonyl (C=O) groups excluding carboxylic acids is 1. The van der Waals surface area contributed by atoms with Crippen LogP contribution in [0, 0.1) is 0 Å². The van der Waals surface area contributed by atoms with Gasteiger partial charge in [-0.2, -0.15) is 0 Å². The number of nitrogens with one attached hydrogen (secondary N) is 1. The summed E-state index contributed by atoms with van der Waals surface area (Å²) in [5.74, 6) is 0. The van der Waals surface area contributed by atoms with E-state index in [0.717, 1.165) is 6.42 Å². The molecule has 0 fully saturated rings. The van der Waals surface area contributed by atoms with Crippen LogP contribution in [0.4, 0.5) is 4.79 Å². The molecule has 1 amide bonds. The Hall–Kier alpha value is -2.15. The number of aliphatic hydroxyl groups excluding tert-OH is 1. The summed E-state index contributed by atoms with van der Waals surface area (Å²) in [6.07, 6.45) is 1.74. The van der Waals surface area contributed by atoms with Crippen molar-refractivity contribution >= 4 is 24.8 Å². The Morgan fingerprint density at radius 3 is 1.85 bits per heavy atom. The molecule has 0 aliphatic rings. The quantitative estimate of drug-likeness (QED) is 0.392. The van der Waals surface area contributed by atoms with Gasteiger partial charge in [0, 0.05) is 6.61 Å². The Morgan fingerprint density at radius 1 is 0.909 bits per heavy atom. The normalized spacial score (nSPS) is 13.4. The van der Waals surface area contributed by atoms with Gasteiger partial charge in [0.2, 0.25) is 0 Å². The number of benzene rings is 2. The number of ether oxygens (including phenoxy) is 1. The first kappa shape index (κ1) is 27.1. The van der Waals surface area contributed by atoms with Gasteiger partial charge in [-0.3, -0.25) is 0 Å². The Labute approximate surface area is 200 Å². The lowest BCUT2D eigenvalue weighted by atomic mass is 10.1. The summed E-state index contributed by atoms with van der Waals surface area (Å²) in [6.45, 7) is 12.8. The molecule has 0 heterocycles. The Balaban J connectivity index is 2.39. The van der Waals surface area contributed by atoms with Crippen LogP contribution in [0.3, 0.4) is 0 Å². The zero-order chi connectivity index (χ0) is 24.5. The number of rotatable bonds is 10. The van der Waals surface area contributed by atoms with E-state index < -0.39 is 20.0 Å². The van der Waals surface area contributed by atoms with Gasteiger partial charge in [0.1, 0.15) is 5.60 Å². The monoisotopic (exact) mass is 471 g/mol. The van der Waals surface area contributed by atoms with Crippen LogP contribution in [0.1, 0.15) is 60.8 Å². The van der Waals surface area contributed by atoms with Gasteiger partial charge in [-0.15, -0.1) is 0 Å². The maximum atomic E-state index is 12.5. The van der Waals surface area contributed by atoms with Crippen LogP contribution < -0.4 is 15.7 Å². The Kier molecular flexibility index (Phi) is 9.70. The Bertz CT molecular complexity index is 804. The van der Waals surface area contributed by atoms with Crippen LogP contribution in [0.5, 0.6) is 0 Å².